The normalized spacial score (nSPS) is 21.8. The molecule has 1 heterocycles. The zero-order chi connectivity index (χ0) is 14.1. The molecular formula is C15H28N4. The van der Waals surface area contributed by atoms with E-state index >= 15 is 0 Å². The molecule has 0 spiro atoms. The average molecular weight is 264 g/mol. The maximum Gasteiger partial charge on any atom is 0.138 e. The highest BCUT2D eigenvalue weighted by molar-refractivity contribution is 4.99. The van der Waals surface area contributed by atoms with Crippen LogP contribution in [-0.2, 0) is 6.42 Å². The summed E-state index contributed by atoms with van der Waals surface area (Å²) < 4.78 is 2.04. The third kappa shape index (κ3) is 3.16. The van der Waals surface area contributed by atoms with Gasteiger partial charge in [0.2, 0.25) is 0 Å². The highest BCUT2D eigenvalue weighted by atomic mass is 15.3. The van der Waals surface area contributed by atoms with Crippen LogP contribution in [0.15, 0.2) is 6.33 Å². The van der Waals surface area contributed by atoms with Crippen LogP contribution in [0.3, 0.4) is 0 Å². The van der Waals surface area contributed by atoms with E-state index < -0.39 is 0 Å². The lowest BCUT2D eigenvalue weighted by Crippen LogP contribution is -2.39. The van der Waals surface area contributed by atoms with Crippen LogP contribution in [-0.4, -0.2) is 21.3 Å². The molecule has 1 aromatic heterocycles. The molecule has 0 aliphatic heterocycles. The third-order valence-electron chi connectivity index (χ3n) is 4.77. The summed E-state index contributed by atoms with van der Waals surface area (Å²) in [6.45, 7) is 9.79. The van der Waals surface area contributed by atoms with Gasteiger partial charge in [0.25, 0.3) is 0 Å². The SMILES string of the molecule is CC(C)n1ncnc1CC1(CN)CCC(C)(C)CC1. The Bertz CT molecular complexity index is 410. The van der Waals surface area contributed by atoms with Crippen LogP contribution in [0.4, 0.5) is 0 Å². The summed E-state index contributed by atoms with van der Waals surface area (Å²) >= 11 is 0. The van der Waals surface area contributed by atoms with Crippen molar-refractivity contribution in [1.82, 2.24) is 14.8 Å². The summed E-state index contributed by atoms with van der Waals surface area (Å²) in [5, 5.41) is 4.34. The van der Waals surface area contributed by atoms with E-state index in [0.717, 1.165) is 18.8 Å². The Morgan fingerprint density at radius 2 is 1.89 bits per heavy atom. The summed E-state index contributed by atoms with van der Waals surface area (Å²) in [5.74, 6) is 1.10. The first-order valence-electron chi connectivity index (χ1n) is 7.46. The van der Waals surface area contributed by atoms with E-state index in [1.54, 1.807) is 6.33 Å². The van der Waals surface area contributed by atoms with Crippen molar-refractivity contribution in [1.29, 1.82) is 0 Å². The fourth-order valence-electron chi connectivity index (χ4n) is 3.08. The van der Waals surface area contributed by atoms with Crippen LogP contribution in [0.1, 0.15) is 65.2 Å². The molecule has 2 rings (SSSR count). The topological polar surface area (TPSA) is 56.7 Å². The predicted octanol–water partition coefficient (Wildman–Crippen LogP) is 2.95. The Morgan fingerprint density at radius 1 is 1.26 bits per heavy atom. The quantitative estimate of drug-likeness (QED) is 0.909. The molecule has 0 bridgehead atoms. The van der Waals surface area contributed by atoms with Crippen molar-refractivity contribution in [3.8, 4) is 0 Å². The van der Waals surface area contributed by atoms with Crippen molar-refractivity contribution < 1.29 is 0 Å². The summed E-state index contributed by atoms with van der Waals surface area (Å²) in [6, 6.07) is 0.368. The zero-order valence-corrected chi connectivity index (χ0v) is 12.8. The van der Waals surface area contributed by atoms with Gasteiger partial charge >= 0.3 is 0 Å². The second kappa shape index (κ2) is 5.23. The van der Waals surface area contributed by atoms with Crippen molar-refractivity contribution in [3.63, 3.8) is 0 Å². The van der Waals surface area contributed by atoms with E-state index in [4.69, 9.17) is 5.73 Å². The van der Waals surface area contributed by atoms with E-state index in [1.807, 2.05) is 4.68 Å². The van der Waals surface area contributed by atoms with E-state index in [0.29, 0.717) is 11.5 Å². The summed E-state index contributed by atoms with van der Waals surface area (Å²) in [5.41, 5.74) is 6.82. The maximum atomic E-state index is 6.11. The average Bonchev–Trinajstić information content (AvgIpc) is 2.80. The van der Waals surface area contributed by atoms with Gasteiger partial charge in [-0.15, -0.1) is 0 Å². The molecule has 4 heteroatoms. The minimum Gasteiger partial charge on any atom is -0.330 e. The first-order chi connectivity index (χ1) is 8.87. The molecule has 0 radical (unpaired) electrons. The molecule has 1 fully saturated rings. The third-order valence-corrected chi connectivity index (χ3v) is 4.77. The number of nitrogens with two attached hydrogens (primary N) is 1. The number of aromatic nitrogens is 3. The molecule has 19 heavy (non-hydrogen) atoms. The zero-order valence-electron chi connectivity index (χ0n) is 12.8. The number of hydrogen-bond acceptors (Lipinski definition) is 3. The summed E-state index contributed by atoms with van der Waals surface area (Å²) in [7, 11) is 0. The highest BCUT2D eigenvalue weighted by Gasteiger charge is 2.38. The van der Waals surface area contributed by atoms with Crippen molar-refractivity contribution in [3.05, 3.63) is 12.2 Å². The monoisotopic (exact) mass is 264 g/mol. The van der Waals surface area contributed by atoms with Gasteiger partial charge < -0.3 is 5.73 Å². The van der Waals surface area contributed by atoms with Gasteiger partial charge in [-0.25, -0.2) is 9.67 Å². The Hall–Kier alpha value is -0.900. The Labute approximate surface area is 116 Å². The first-order valence-corrected chi connectivity index (χ1v) is 7.46. The van der Waals surface area contributed by atoms with Crippen molar-refractivity contribution >= 4 is 0 Å². The Balaban J connectivity index is 2.13. The molecule has 0 aromatic carbocycles. The second-order valence-corrected chi connectivity index (χ2v) is 7.26. The molecule has 0 amide bonds. The summed E-state index contributed by atoms with van der Waals surface area (Å²) in [4.78, 5) is 4.46. The lowest BCUT2D eigenvalue weighted by molar-refractivity contribution is 0.104. The lowest BCUT2D eigenvalue weighted by atomic mass is 9.63. The van der Waals surface area contributed by atoms with Crippen LogP contribution in [0.2, 0.25) is 0 Å². The minimum atomic E-state index is 0.231. The standard InChI is InChI=1S/C15H28N4/c1-12(2)19-13(17-11-18-19)9-15(10-16)7-5-14(3,4)6-8-15/h11-12H,5-10,16H2,1-4H3. The van der Waals surface area contributed by atoms with Crippen LogP contribution >= 0.6 is 0 Å². The van der Waals surface area contributed by atoms with Crippen LogP contribution in [0, 0.1) is 10.8 Å². The fourth-order valence-corrected chi connectivity index (χ4v) is 3.08. The fraction of sp³-hybridized carbons (Fsp3) is 0.867. The molecule has 4 nitrogen and oxygen atoms in total. The predicted molar refractivity (Wildman–Crippen MR) is 77.8 cm³/mol. The van der Waals surface area contributed by atoms with Gasteiger partial charge in [-0.05, 0) is 56.9 Å². The van der Waals surface area contributed by atoms with Gasteiger partial charge in [0.05, 0.1) is 0 Å². The molecule has 1 saturated carbocycles. The van der Waals surface area contributed by atoms with Crippen molar-refractivity contribution in [2.75, 3.05) is 6.54 Å². The van der Waals surface area contributed by atoms with E-state index in [-0.39, 0.29) is 5.41 Å². The van der Waals surface area contributed by atoms with Gasteiger partial charge in [0.15, 0.2) is 0 Å². The van der Waals surface area contributed by atoms with Crippen LogP contribution < -0.4 is 5.73 Å². The van der Waals surface area contributed by atoms with Gasteiger partial charge in [-0.3, -0.25) is 0 Å². The van der Waals surface area contributed by atoms with Crippen LogP contribution in [0.5, 0.6) is 0 Å². The maximum absolute atomic E-state index is 6.11. The smallest absolute Gasteiger partial charge is 0.138 e. The van der Waals surface area contributed by atoms with Gasteiger partial charge in [-0.1, -0.05) is 13.8 Å². The van der Waals surface area contributed by atoms with Gasteiger partial charge in [-0.2, -0.15) is 5.10 Å². The van der Waals surface area contributed by atoms with Gasteiger partial charge in [0, 0.05) is 12.5 Å². The molecule has 108 valence electrons. The van der Waals surface area contributed by atoms with E-state index in [1.165, 1.54) is 25.7 Å². The largest absolute Gasteiger partial charge is 0.330 e. The summed E-state index contributed by atoms with van der Waals surface area (Å²) in [6.07, 6.45) is 7.59. The minimum absolute atomic E-state index is 0.231. The van der Waals surface area contributed by atoms with E-state index in [9.17, 15) is 0 Å². The second-order valence-electron chi connectivity index (χ2n) is 7.26. The molecule has 0 unspecified atom stereocenters. The van der Waals surface area contributed by atoms with E-state index in [2.05, 4.69) is 37.8 Å². The Kier molecular flexibility index (Phi) is 4.00. The molecule has 0 saturated heterocycles. The lowest BCUT2D eigenvalue weighted by Gasteiger charge is -2.43. The Morgan fingerprint density at radius 3 is 2.42 bits per heavy atom. The molecule has 0 atom stereocenters. The van der Waals surface area contributed by atoms with Crippen molar-refractivity contribution in [2.24, 2.45) is 16.6 Å². The van der Waals surface area contributed by atoms with Gasteiger partial charge in [0.1, 0.15) is 12.2 Å². The highest BCUT2D eigenvalue weighted by Crippen LogP contribution is 2.46. The van der Waals surface area contributed by atoms with Crippen LogP contribution in [0.25, 0.3) is 0 Å². The molecule has 2 N–H and O–H groups in total. The van der Waals surface area contributed by atoms with Crippen molar-refractivity contribution in [2.45, 2.75) is 65.8 Å². The number of nitrogens with zero attached hydrogens (tertiary/aromatic N) is 3. The number of rotatable bonds is 4. The number of hydrogen-bond donors (Lipinski definition) is 1. The molecular weight excluding hydrogens is 236 g/mol. The molecule has 1 aliphatic carbocycles. The molecule has 1 aliphatic rings. The first kappa shape index (κ1) is 14.5. The molecule has 1 aromatic rings.